The maximum atomic E-state index is 11.8. The molecule has 1 rings (SSSR count). The van der Waals surface area contributed by atoms with E-state index in [1.54, 1.807) is 0 Å². The lowest BCUT2D eigenvalue weighted by Crippen LogP contribution is -2.28. The molecule has 0 saturated carbocycles. The van der Waals surface area contributed by atoms with Gasteiger partial charge in [-0.2, -0.15) is 0 Å². The van der Waals surface area contributed by atoms with Crippen molar-refractivity contribution in [2.75, 3.05) is 19.6 Å². The van der Waals surface area contributed by atoms with Crippen molar-refractivity contribution in [1.82, 2.24) is 5.32 Å². The number of nitrogens with one attached hydrogen (secondary N) is 1. The number of Topliss-reactive ketones (excluding diaryl/α,β-unsaturated/α-hetero) is 1. The van der Waals surface area contributed by atoms with E-state index in [4.69, 9.17) is 5.73 Å². The summed E-state index contributed by atoms with van der Waals surface area (Å²) in [7, 11) is 0. The summed E-state index contributed by atoms with van der Waals surface area (Å²) in [6.07, 6.45) is 1.12. The van der Waals surface area contributed by atoms with E-state index in [-0.39, 0.29) is 5.78 Å². The van der Waals surface area contributed by atoms with E-state index in [1.165, 1.54) is 5.56 Å². The van der Waals surface area contributed by atoms with Gasteiger partial charge < -0.3 is 11.1 Å². The Labute approximate surface area is 103 Å². The molecule has 0 aliphatic rings. The number of ketones is 1. The molecule has 3 nitrogen and oxygen atoms in total. The van der Waals surface area contributed by atoms with Crippen molar-refractivity contribution in [1.29, 1.82) is 0 Å². The second kappa shape index (κ2) is 7.20. The minimum Gasteiger partial charge on any atom is -0.329 e. The average Bonchev–Trinajstić information content (AvgIpc) is 2.38. The second-order valence-corrected chi connectivity index (χ2v) is 4.32. The summed E-state index contributed by atoms with van der Waals surface area (Å²) in [6.45, 7) is 5.96. The smallest absolute Gasteiger partial charge is 0.176 e. The number of benzene rings is 1. The largest absolute Gasteiger partial charge is 0.329 e. The zero-order valence-corrected chi connectivity index (χ0v) is 10.7. The number of carbonyl (C=O) groups is 1. The Morgan fingerprint density at radius 3 is 2.53 bits per heavy atom. The molecule has 94 valence electrons. The summed E-state index contributed by atoms with van der Waals surface area (Å²) in [6, 6.07) is 7.91. The fourth-order valence-corrected chi connectivity index (χ4v) is 1.64. The molecule has 1 aromatic rings. The highest BCUT2D eigenvalue weighted by atomic mass is 16.1. The van der Waals surface area contributed by atoms with Gasteiger partial charge in [0.2, 0.25) is 0 Å². The van der Waals surface area contributed by atoms with Crippen LogP contribution in [0.5, 0.6) is 0 Å². The van der Waals surface area contributed by atoms with E-state index in [1.807, 2.05) is 24.3 Å². The quantitative estimate of drug-likeness (QED) is 0.560. The fourth-order valence-electron chi connectivity index (χ4n) is 1.64. The fraction of sp³-hybridized carbons (Fsp3) is 0.500. The zero-order chi connectivity index (χ0) is 12.7. The van der Waals surface area contributed by atoms with Crippen molar-refractivity contribution in [2.45, 2.75) is 26.2 Å². The molecule has 0 aliphatic heterocycles. The first-order valence-electron chi connectivity index (χ1n) is 6.23. The van der Waals surface area contributed by atoms with Gasteiger partial charge in [0.15, 0.2) is 5.78 Å². The van der Waals surface area contributed by atoms with Gasteiger partial charge in [-0.1, -0.05) is 38.1 Å². The third-order valence-electron chi connectivity index (χ3n) is 3.02. The monoisotopic (exact) mass is 234 g/mol. The van der Waals surface area contributed by atoms with Crippen LogP contribution in [-0.2, 0) is 0 Å². The van der Waals surface area contributed by atoms with Gasteiger partial charge in [-0.05, 0) is 17.9 Å². The van der Waals surface area contributed by atoms with E-state index in [2.05, 4.69) is 19.2 Å². The predicted octanol–water partition coefficient (Wildman–Crippen LogP) is 1.93. The molecule has 0 aromatic heterocycles. The number of hydrogen-bond acceptors (Lipinski definition) is 3. The highest BCUT2D eigenvalue weighted by Gasteiger charge is 2.07. The maximum Gasteiger partial charge on any atom is 0.176 e. The Morgan fingerprint density at radius 2 is 2.00 bits per heavy atom. The summed E-state index contributed by atoms with van der Waals surface area (Å²) < 4.78 is 0. The summed E-state index contributed by atoms with van der Waals surface area (Å²) in [5, 5.41) is 3.01. The second-order valence-electron chi connectivity index (χ2n) is 4.32. The molecule has 0 fully saturated rings. The third kappa shape index (κ3) is 4.29. The van der Waals surface area contributed by atoms with Crippen molar-refractivity contribution >= 4 is 5.78 Å². The molecule has 0 saturated heterocycles. The molecule has 17 heavy (non-hydrogen) atoms. The lowest BCUT2D eigenvalue weighted by atomic mass is 9.97. The first-order valence-corrected chi connectivity index (χ1v) is 6.23. The maximum absolute atomic E-state index is 11.8. The van der Waals surface area contributed by atoms with E-state index >= 15 is 0 Å². The van der Waals surface area contributed by atoms with Crippen molar-refractivity contribution in [3.8, 4) is 0 Å². The van der Waals surface area contributed by atoms with E-state index in [0.29, 0.717) is 25.6 Å². The average molecular weight is 234 g/mol. The molecular weight excluding hydrogens is 212 g/mol. The van der Waals surface area contributed by atoms with Gasteiger partial charge in [0, 0.05) is 18.7 Å². The van der Waals surface area contributed by atoms with Crippen LogP contribution in [0, 0.1) is 0 Å². The first kappa shape index (κ1) is 13.9. The summed E-state index contributed by atoms with van der Waals surface area (Å²) >= 11 is 0. The van der Waals surface area contributed by atoms with Crippen LogP contribution in [0.25, 0.3) is 0 Å². The predicted molar refractivity (Wildman–Crippen MR) is 71.4 cm³/mol. The topological polar surface area (TPSA) is 55.1 Å². The lowest BCUT2D eigenvalue weighted by molar-refractivity contribution is 0.0991. The van der Waals surface area contributed by atoms with Crippen LogP contribution >= 0.6 is 0 Å². The van der Waals surface area contributed by atoms with Gasteiger partial charge in [-0.25, -0.2) is 0 Å². The van der Waals surface area contributed by atoms with Crippen molar-refractivity contribution in [3.63, 3.8) is 0 Å². The standard InChI is InChI=1S/C14H22N2O/c1-3-11(2)12-4-6-13(7-5-12)14(17)10-16-9-8-15/h4-7,11,16H,3,8-10,15H2,1-2H3. The van der Waals surface area contributed by atoms with Gasteiger partial charge in [0.25, 0.3) is 0 Å². The molecule has 0 heterocycles. The van der Waals surface area contributed by atoms with Crippen molar-refractivity contribution in [2.24, 2.45) is 5.73 Å². The van der Waals surface area contributed by atoms with Crippen LogP contribution in [0.1, 0.15) is 42.1 Å². The van der Waals surface area contributed by atoms with Crippen LogP contribution in [0.15, 0.2) is 24.3 Å². The molecular formula is C14H22N2O. The Morgan fingerprint density at radius 1 is 1.35 bits per heavy atom. The van der Waals surface area contributed by atoms with E-state index in [9.17, 15) is 4.79 Å². The van der Waals surface area contributed by atoms with Crippen molar-refractivity contribution in [3.05, 3.63) is 35.4 Å². The molecule has 1 unspecified atom stereocenters. The summed E-state index contributed by atoms with van der Waals surface area (Å²) in [5.41, 5.74) is 7.40. The Balaban J connectivity index is 2.58. The van der Waals surface area contributed by atoms with Gasteiger partial charge >= 0.3 is 0 Å². The van der Waals surface area contributed by atoms with Crippen LogP contribution in [-0.4, -0.2) is 25.4 Å². The van der Waals surface area contributed by atoms with E-state index in [0.717, 1.165) is 12.0 Å². The highest BCUT2D eigenvalue weighted by Crippen LogP contribution is 2.18. The Hall–Kier alpha value is -1.19. The third-order valence-corrected chi connectivity index (χ3v) is 3.02. The van der Waals surface area contributed by atoms with Crippen LogP contribution in [0.3, 0.4) is 0 Å². The van der Waals surface area contributed by atoms with Gasteiger partial charge in [-0.15, -0.1) is 0 Å². The molecule has 3 N–H and O–H groups in total. The van der Waals surface area contributed by atoms with Crippen molar-refractivity contribution < 1.29 is 4.79 Å². The minimum atomic E-state index is 0.120. The first-order chi connectivity index (χ1) is 8.19. The molecule has 1 aromatic carbocycles. The number of nitrogens with two attached hydrogens (primary N) is 1. The Bertz CT molecular complexity index is 346. The lowest BCUT2D eigenvalue weighted by Gasteiger charge is -2.09. The van der Waals surface area contributed by atoms with Gasteiger partial charge in [-0.3, -0.25) is 4.79 Å². The normalized spacial score (nSPS) is 12.4. The van der Waals surface area contributed by atoms with Crippen LogP contribution in [0.2, 0.25) is 0 Å². The van der Waals surface area contributed by atoms with Crippen LogP contribution in [0.4, 0.5) is 0 Å². The summed E-state index contributed by atoms with van der Waals surface area (Å²) in [4.78, 5) is 11.8. The number of hydrogen-bond donors (Lipinski definition) is 2. The molecule has 1 atom stereocenters. The molecule has 0 amide bonds. The molecule has 0 bridgehead atoms. The van der Waals surface area contributed by atoms with E-state index < -0.39 is 0 Å². The minimum absolute atomic E-state index is 0.120. The SMILES string of the molecule is CCC(C)c1ccc(C(=O)CNCCN)cc1. The van der Waals surface area contributed by atoms with Gasteiger partial charge in [0.05, 0.1) is 6.54 Å². The van der Waals surface area contributed by atoms with Crippen LogP contribution < -0.4 is 11.1 Å². The molecule has 0 spiro atoms. The number of carbonyl (C=O) groups excluding carboxylic acids is 1. The molecule has 0 radical (unpaired) electrons. The Kier molecular flexibility index (Phi) is 5.87. The summed E-state index contributed by atoms with van der Waals surface area (Å²) in [5.74, 6) is 0.670. The van der Waals surface area contributed by atoms with Gasteiger partial charge in [0.1, 0.15) is 0 Å². The molecule has 3 heteroatoms. The highest BCUT2D eigenvalue weighted by molar-refractivity contribution is 5.97. The zero-order valence-electron chi connectivity index (χ0n) is 10.7. The number of rotatable bonds is 7. The molecule has 0 aliphatic carbocycles.